The lowest BCUT2D eigenvalue weighted by molar-refractivity contribution is -0.0281. The first-order valence-electron chi connectivity index (χ1n) is 7.06. The van der Waals surface area contributed by atoms with Crippen LogP contribution in [0.4, 0.5) is 0 Å². The molecule has 1 aliphatic heterocycles. The number of ether oxygens (including phenoxy) is 1. The van der Waals surface area contributed by atoms with Crippen molar-refractivity contribution in [3.8, 4) is 0 Å². The highest BCUT2D eigenvalue weighted by Gasteiger charge is 2.28. The number of benzene rings is 1. The fraction of sp³-hybridized carbons (Fsp3) is 0.400. The molecule has 0 radical (unpaired) electrons. The van der Waals surface area contributed by atoms with Crippen molar-refractivity contribution >= 4 is 17.5 Å². The van der Waals surface area contributed by atoms with Crippen molar-refractivity contribution in [2.45, 2.75) is 13.0 Å². The standard InChI is InChI=1S/C15H17ClN4O2/c1-10-5-11(7-12(16)6-10)15(21)20-3-4-22-13(8-20)14-18-17-9-19(14)2/h5-7,9,13H,3-4,8H2,1-2H3/t13-/m0/s1. The van der Waals surface area contributed by atoms with Gasteiger partial charge in [-0.1, -0.05) is 11.6 Å². The summed E-state index contributed by atoms with van der Waals surface area (Å²) < 4.78 is 7.53. The molecular weight excluding hydrogens is 304 g/mol. The van der Waals surface area contributed by atoms with E-state index in [-0.39, 0.29) is 12.0 Å². The van der Waals surface area contributed by atoms with Crippen molar-refractivity contribution in [2.75, 3.05) is 19.7 Å². The van der Waals surface area contributed by atoms with Crippen LogP contribution in [0.1, 0.15) is 27.8 Å². The molecule has 1 amide bonds. The quantitative estimate of drug-likeness (QED) is 0.849. The average molecular weight is 321 g/mol. The lowest BCUT2D eigenvalue weighted by Crippen LogP contribution is -2.42. The molecule has 0 aliphatic carbocycles. The van der Waals surface area contributed by atoms with E-state index in [1.54, 1.807) is 17.3 Å². The number of hydrogen-bond donors (Lipinski definition) is 0. The topological polar surface area (TPSA) is 60.3 Å². The smallest absolute Gasteiger partial charge is 0.254 e. The summed E-state index contributed by atoms with van der Waals surface area (Å²) in [6, 6.07) is 5.38. The minimum absolute atomic E-state index is 0.0407. The van der Waals surface area contributed by atoms with Crippen molar-refractivity contribution in [1.82, 2.24) is 19.7 Å². The number of aryl methyl sites for hydroxylation is 2. The Morgan fingerprint density at radius 3 is 2.91 bits per heavy atom. The van der Waals surface area contributed by atoms with E-state index in [1.807, 2.05) is 30.7 Å². The molecule has 116 valence electrons. The molecule has 0 N–H and O–H groups in total. The van der Waals surface area contributed by atoms with E-state index in [0.717, 1.165) is 11.4 Å². The molecule has 2 aromatic rings. The summed E-state index contributed by atoms with van der Waals surface area (Å²) in [5.74, 6) is 0.681. The summed E-state index contributed by atoms with van der Waals surface area (Å²) in [6.45, 7) is 3.41. The Hall–Kier alpha value is -1.92. The molecule has 6 nitrogen and oxygen atoms in total. The van der Waals surface area contributed by atoms with E-state index in [9.17, 15) is 4.79 Å². The van der Waals surface area contributed by atoms with E-state index in [0.29, 0.717) is 30.3 Å². The Bertz CT molecular complexity index is 680. The highest BCUT2D eigenvalue weighted by Crippen LogP contribution is 2.22. The number of nitrogens with zero attached hydrogens (tertiary/aromatic N) is 4. The Morgan fingerprint density at radius 1 is 1.41 bits per heavy atom. The summed E-state index contributed by atoms with van der Waals surface area (Å²) in [7, 11) is 1.86. The van der Waals surface area contributed by atoms with Crippen LogP contribution in [-0.2, 0) is 11.8 Å². The Kier molecular flexibility index (Phi) is 4.13. The number of halogens is 1. The highest BCUT2D eigenvalue weighted by molar-refractivity contribution is 6.31. The van der Waals surface area contributed by atoms with E-state index >= 15 is 0 Å². The number of carbonyl (C=O) groups is 1. The van der Waals surface area contributed by atoms with Gasteiger partial charge in [-0.05, 0) is 30.7 Å². The molecule has 0 unspecified atom stereocenters. The predicted molar refractivity (Wildman–Crippen MR) is 81.8 cm³/mol. The van der Waals surface area contributed by atoms with Gasteiger partial charge >= 0.3 is 0 Å². The molecule has 1 atom stereocenters. The first-order chi connectivity index (χ1) is 10.5. The molecule has 0 saturated carbocycles. The maximum absolute atomic E-state index is 12.7. The largest absolute Gasteiger partial charge is 0.366 e. The van der Waals surface area contributed by atoms with Gasteiger partial charge in [0, 0.05) is 24.2 Å². The van der Waals surface area contributed by atoms with Crippen molar-refractivity contribution in [1.29, 1.82) is 0 Å². The van der Waals surface area contributed by atoms with E-state index in [1.165, 1.54) is 0 Å². The first-order valence-corrected chi connectivity index (χ1v) is 7.44. The third-order valence-corrected chi connectivity index (χ3v) is 3.90. The maximum Gasteiger partial charge on any atom is 0.254 e. The fourth-order valence-corrected chi connectivity index (χ4v) is 2.91. The number of morpholine rings is 1. The monoisotopic (exact) mass is 320 g/mol. The zero-order valence-corrected chi connectivity index (χ0v) is 13.2. The number of amides is 1. The van der Waals surface area contributed by atoms with Crippen molar-refractivity contribution < 1.29 is 9.53 Å². The van der Waals surface area contributed by atoms with E-state index < -0.39 is 0 Å². The van der Waals surface area contributed by atoms with Gasteiger partial charge < -0.3 is 14.2 Å². The van der Waals surface area contributed by atoms with Crippen LogP contribution < -0.4 is 0 Å². The number of rotatable bonds is 2. The van der Waals surface area contributed by atoms with Gasteiger partial charge in [0.1, 0.15) is 12.4 Å². The van der Waals surface area contributed by atoms with E-state index in [2.05, 4.69) is 10.2 Å². The molecule has 7 heteroatoms. The van der Waals surface area contributed by atoms with Crippen LogP contribution in [0.15, 0.2) is 24.5 Å². The first kappa shape index (κ1) is 15.0. The van der Waals surface area contributed by atoms with Crippen molar-refractivity contribution in [2.24, 2.45) is 7.05 Å². The molecule has 1 fully saturated rings. The normalized spacial score (nSPS) is 18.5. The molecule has 1 saturated heterocycles. The van der Waals surface area contributed by atoms with E-state index in [4.69, 9.17) is 16.3 Å². The van der Waals surface area contributed by atoms with Crippen LogP contribution in [-0.4, -0.2) is 45.3 Å². The highest BCUT2D eigenvalue weighted by atomic mass is 35.5. The summed E-state index contributed by atoms with van der Waals surface area (Å²) in [6.07, 6.45) is 1.37. The number of carbonyl (C=O) groups excluding carboxylic acids is 1. The van der Waals surface area contributed by atoms with Crippen LogP contribution in [0.25, 0.3) is 0 Å². The molecule has 0 spiro atoms. The average Bonchev–Trinajstić information content (AvgIpc) is 2.92. The van der Waals surface area contributed by atoms with Gasteiger partial charge in [-0.25, -0.2) is 0 Å². The molecule has 0 bridgehead atoms. The van der Waals surface area contributed by atoms with Crippen LogP contribution in [0.3, 0.4) is 0 Å². The van der Waals surface area contributed by atoms with Crippen molar-refractivity contribution in [3.63, 3.8) is 0 Å². The van der Waals surface area contributed by atoms with Gasteiger partial charge in [-0.3, -0.25) is 4.79 Å². The van der Waals surface area contributed by atoms with Crippen LogP contribution in [0.2, 0.25) is 5.02 Å². The third-order valence-electron chi connectivity index (χ3n) is 3.68. The van der Waals surface area contributed by atoms with Crippen molar-refractivity contribution in [3.05, 3.63) is 46.5 Å². The summed E-state index contributed by atoms with van der Waals surface area (Å²) in [5, 5.41) is 8.49. The van der Waals surface area contributed by atoms with Gasteiger partial charge in [0.15, 0.2) is 5.82 Å². The second-order valence-electron chi connectivity index (χ2n) is 5.43. The fourth-order valence-electron chi connectivity index (χ4n) is 2.62. The number of hydrogen-bond acceptors (Lipinski definition) is 4. The summed E-state index contributed by atoms with van der Waals surface area (Å²) in [4.78, 5) is 14.4. The minimum atomic E-state index is -0.259. The van der Waals surface area contributed by atoms with Gasteiger partial charge in [-0.2, -0.15) is 0 Å². The molecule has 22 heavy (non-hydrogen) atoms. The van der Waals surface area contributed by atoms with Crippen LogP contribution in [0, 0.1) is 6.92 Å². The van der Waals surface area contributed by atoms with Gasteiger partial charge in [0.05, 0.1) is 13.2 Å². The van der Waals surface area contributed by atoms with Gasteiger partial charge in [-0.15, -0.1) is 10.2 Å². The maximum atomic E-state index is 12.7. The second kappa shape index (κ2) is 6.06. The van der Waals surface area contributed by atoms with Crippen LogP contribution >= 0.6 is 11.6 Å². The molecule has 2 heterocycles. The predicted octanol–water partition coefficient (Wildman–Crippen LogP) is 1.99. The Labute approximate surface area is 133 Å². The van der Waals surface area contributed by atoms with Crippen LogP contribution in [0.5, 0.6) is 0 Å². The Balaban J connectivity index is 1.79. The molecule has 1 aromatic carbocycles. The zero-order valence-electron chi connectivity index (χ0n) is 12.5. The number of aromatic nitrogens is 3. The lowest BCUT2D eigenvalue weighted by Gasteiger charge is -2.32. The summed E-state index contributed by atoms with van der Waals surface area (Å²) in [5.41, 5.74) is 1.57. The molecular formula is C15H17ClN4O2. The molecule has 1 aliphatic rings. The third kappa shape index (κ3) is 2.98. The SMILES string of the molecule is Cc1cc(Cl)cc(C(=O)N2CCO[C@H](c3nncn3C)C2)c1. The molecule has 1 aromatic heterocycles. The lowest BCUT2D eigenvalue weighted by atomic mass is 10.1. The second-order valence-corrected chi connectivity index (χ2v) is 5.86. The van der Waals surface area contributed by atoms with Gasteiger partial charge in [0.25, 0.3) is 5.91 Å². The zero-order chi connectivity index (χ0) is 15.7. The summed E-state index contributed by atoms with van der Waals surface area (Å²) >= 11 is 6.05. The Morgan fingerprint density at radius 2 is 2.23 bits per heavy atom. The molecule has 3 rings (SSSR count). The van der Waals surface area contributed by atoms with Gasteiger partial charge in [0.2, 0.25) is 0 Å². The minimum Gasteiger partial charge on any atom is -0.366 e.